The Morgan fingerprint density at radius 3 is 2.83 bits per heavy atom. The highest BCUT2D eigenvalue weighted by atomic mass is 79.9. The van der Waals surface area contributed by atoms with Crippen LogP contribution >= 0.6 is 15.9 Å². The summed E-state index contributed by atoms with van der Waals surface area (Å²) in [6.45, 7) is 0.156. The van der Waals surface area contributed by atoms with Gasteiger partial charge in [0.25, 0.3) is 0 Å². The summed E-state index contributed by atoms with van der Waals surface area (Å²) in [5.74, 6) is 0.750. The first-order valence-corrected chi connectivity index (χ1v) is 8.30. The Labute approximate surface area is 144 Å². The van der Waals surface area contributed by atoms with E-state index in [0.29, 0.717) is 6.42 Å². The maximum atomic E-state index is 9.37. The molecular weight excluding hydrogens is 354 g/mol. The molecule has 1 aliphatic carbocycles. The van der Waals surface area contributed by atoms with E-state index in [4.69, 9.17) is 4.74 Å². The first-order chi connectivity index (χ1) is 11.2. The normalized spacial score (nSPS) is 13.7. The topological polar surface area (TPSA) is 42.4 Å². The van der Waals surface area contributed by atoms with E-state index in [0.717, 1.165) is 22.3 Å². The number of aliphatic hydroxyl groups excluding tert-OH is 1. The SMILES string of the molecule is COc1ccc(/C=C/C2=C(CCO)c3ccc(Br)cc3C2)nc1. The van der Waals surface area contributed by atoms with E-state index in [1.54, 1.807) is 13.3 Å². The third kappa shape index (κ3) is 3.54. The second-order valence-corrected chi connectivity index (χ2v) is 6.33. The van der Waals surface area contributed by atoms with Crippen molar-refractivity contribution in [2.45, 2.75) is 12.8 Å². The van der Waals surface area contributed by atoms with Crippen molar-refractivity contribution >= 4 is 27.6 Å². The first kappa shape index (κ1) is 16.0. The van der Waals surface area contributed by atoms with Gasteiger partial charge in [-0.25, -0.2) is 0 Å². The van der Waals surface area contributed by atoms with Crippen LogP contribution in [0.5, 0.6) is 5.75 Å². The molecule has 1 N–H and O–H groups in total. The van der Waals surface area contributed by atoms with Crippen molar-refractivity contribution in [3.63, 3.8) is 0 Å². The number of allylic oxidation sites excluding steroid dienone is 2. The van der Waals surface area contributed by atoms with E-state index in [2.05, 4.69) is 39.1 Å². The summed E-state index contributed by atoms with van der Waals surface area (Å²) in [5, 5.41) is 9.37. The summed E-state index contributed by atoms with van der Waals surface area (Å²) in [7, 11) is 1.63. The van der Waals surface area contributed by atoms with E-state index >= 15 is 0 Å². The number of aliphatic hydroxyl groups is 1. The fourth-order valence-electron chi connectivity index (χ4n) is 2.85. The number of hydrogen-bond donors (Lipinski definition) is 1. The maximum Gasteiger partial charge on any atom is 0.137 e. The predicted molar refractivity (Wildman–Crippen MR) is 96.3 cm³/mol. The van der Waals surface area contributed by atoms with Gasteiger partial charge in [-0.05, 0) is 65.5 Å². The van der Waals surface area contributed by atoms with Gasteiger partial charge in [0.1, 0.15) is 5.75 Å². The minimum atomic E-state index is 0.156. The molecule has 118 valence electrons. The first-order valence-electron chi connectivity index (χ1n) is 7.51. The number of benzene rings is 1. The average Bonchev–Trinajstić information content (AvgIpc) is 2.90. The molecule has 1 aromatic carbocycles. The van der Waals surface area contributed by atoms with Gasteiger partial charge in [0, 0.05) is 11.1 Å². The molecule has 0 unspecified atom stereocenters. The highest BCUT2D eigenvalue weighted by Crippen LogP contribution is 2.37. The molecule has 1 aliphatic rings. The van der Waals surface area contributed by atoms with Crippen LogP contribution in [0.1, 0.15) is 23.2 Å². The molecule has 0 aliphatic heterocycles. The zero-order valence-electron chi connectivity index (χ0n) is 12.9. The third-order valence-electron chi connectivity index (χ3n) is 3.97. The van der Waals surface area contributed by atoms with Gasteiger partial charge in [-0.3, -0.25) is 4.98 Å². The van der Waals surface area contributed by atoms with Crippen LogP contribution in [0.25, 0.3) is 11.6 Å². The molecular formula is C19H18BrNO2. The summed E-state index contributed by atoms with van der Waals surface area (Å²) in [4.78, 5) is 4.35. The van der Waals surface area contributed by atoms with Crippen molar-refractivity contribution in [3.05, 3.63) is 69.5 Å². The summed E-state index contributed by atoms with van der Waals surface area (Å²) in [6.07, 6.45) is 7.38. The molecule has 0 saturated carbocycles. The molecule has 2 aromatic rings. The Kier molecular flexibility index (Phi) is 4.94. The Morgan fingerprint density at radius 2 is 2.13 bits per heavy atom. The van der Waals surface area contributed by atoms with Gasteiger partial charge in [0.15, 0.2) is 0 Å². The van der Waals surface area contributed by atoms with Crippen LogP contribution in [-0.2, 0) is 6.42 Å². The number of hydrogen-bond acceptors (Lipinski definition) is 3. The summed E-state index contributed by atoms with van der Waals surface area (Å²) in [6, 6.07) is 10.2. The van der Waals surface area contributed by atoms with Crippen LogP contribution in [0.3, 0.4) is 0 Å². The fraction of sp³-hybridized carbons (Fsp3) is 0.211. The van der Waals surface area contributed by atoms with Crippen LogP contribution in [-0.4, -0.2) is 23.8 Å². The Balaban J connectivity index is 1.88. The molecule has 3 rings (SSSR count). The van der Waals surface area contributed by atoms with Crippen LogP contribution in [0.15, 0.2) is 52.7 Å². The van der Waals surface area contributed by atoms with Crippen LogP contribution in [0, 0.1) is 0 Å². The summed E-state index contributed by atoms with van der Waals surface area (Å²) in [5.41, 5.74) is 5.89. The number of aromatic nitrogens is 1. The Bertz CT molecular complexity index is 763. The molecule has 3 nitrogen and oxygen atoms in total. The highest BCUT2D eigenvalue weighted by molar-refractivity contribution is 9.10. The lowest BCUT2D eigenvalue weighted by atomic mass is 10.0. The van der Waals surface area contributed by atoms with Gasteiger partial charge in [-0.2, -0.15) is 0 Å². The van der Waals surface area contributed by atoms with Crippen molar-refractivity contribution in [2.24, 2.45) is 0 Å². The van der Waals surface area contributed by atoms with Gasteiger partial charge < -0.3 is 9.84 Å². The zero-order valence-corrected chi connectivity index (χ0v) is 14.5. The molecule has 0 bridgehead atoms. The molecule has 4 heteroatoms. The number of nitrogens with zero attached hydrogens (tertiary/aromatic N) is 1. The minimum Gasteiger partial charge on any atom is -0.495 e. The molecule has 0 saturated heterocycles. The molecule has 0 amide bonds. The van der Waals surface area contributed by atoms with Gasteiger partial charge in [0.05, 0.1) is 19.0 Å². The molecule has 23 heavy (non-hydrogen) atoms. The molecule has 1 heterocycles. The smallest absolute Gasteiger partial charge is 0.137 e. The number of fused-ring (bicyclic) bond motifs is 1. The summed E-state index contributed by atoms with van der Waals surface area (Å²) < 4.78 is 6.21. The lowest BCUT2D eigenvalue weighted by molar-refractivity contribution is 0.305. The van der Waals surface area contributed by atoms with E-state index in [1.165, 1.54) is 22.3 Å². The van der Waals surface area contributed by atoms with Gasteiger partial charge in [-0.1, -0.05) is 28.1 Å². The largest absolute Gasteiger partial charge is 0.495 e. The third-order valence-corrected chi connectivity index (χ3v) is 4.47. The van der Waals surface area contributed by atoms with Crippen LogP contribution < -0.4 is 4.74 Å². The molecule has 0 atom stereocenters. The van der Waals surface area contributed by atoms with Crippen molar-refractivity contribution in [1.82, 2.24) is 4.98 Å². The van der Waals surface area contributed by atoms with Crippen molar-refractivity contribution in [1.29, 1.82) is 0 Å². The Morgan fingerprint density at radius 1 is 1.26 bits per heavy atom. The standard InChI is InChI=1S/C19H18BrNO2/c1-23-17-6-5-16(21-12-17)4-2-13-10-14-11-15(20)3-7-18(14)19(13)8-9-22/h2-7,11-12,22H,8-10H2,1H3/b4-2+. The average molecular weight is 372 g/mol. The van der Waals surface area contributed by atoms with E-state index in [-0.39, 0.29) is 6.61 Å². The van der Waals surface area contributed by atoms with E-state index in [9.17, 15) is 5.11 Å². The maximum absolute atomic E-state index is 9.37. The molecule has 1 aromatic heterocycles. The van der Waals surface area contributed by atoms with E-state index in [1.807, 2.05) is 24.3 Å². The van der Waals surface area contributed by atoms with Crippen molar-refractivity contribution in [2.75, 3.05) is 13.7 Å². The van der Waals surface area contributed by atoms with Gasteiger partial charge in [-0.15, -0.1) is 0 Å². The van der Waals surface area contributed by atoms with Crippen molar-refractivity contribution < 1.29 is 9.84 Å². The van der Waals surface area contributed by atoms with E-state index < -0.39 is 0 Å². The lowest BCUT2D eigenvalue weighted by Crippen LogP contribution is -1.89. The minimum absolute atomic E-state index is 0.156. The molecule has 0 radical (unpaired) electrons. The second kappa shape index (κ2) is 7.11. The predicted octanol–water partition coefficient (Wildman–Crippen LogP) is 4.26. The highest BCUT2D eigenvalue weighted by Gasteiger charge is 2.19. The van der Waals surface area contributed by atoms with Gasteiger partial charge in [0.2, 0.25) is 0 Å². The Hall–Kier alpha value is -1.91. The second-order valence-electron chi connectivity index (χ2n) is 5.41. The van der Waals surface area contributed by atoms with Crippen molar-refractivity contribution in [3.8, 4) is 5.75 Å². The van der Waals surface area contributed by atoms with Crippen LogP contribution in [0.2, 0.25) is 0 Å². The lowest BCUT2D eigenvalue weighted by Gasteiger charge is -2.05. The molecule has 0 fully saturated rings. The summed E-state index contributed by atoms with van der Waals surface area (Å²) >= 11 is 3.53. The number of pyridine rings is 1. The number of ether oxygens (including phenoxy) is 1. The number of methoxy groups -OCH3 is 1. The number of rotatable bonds is 5. The quantitative estimate of drug-likeness (QED) is 0.853. The zero-order chi connectivity index (χ0) is 16.2. The number of halogens is 1. The molecule has 0 spiro atoms. The van der Waals surface area contributed by atoms with Crippen LogP contribution in [0.4, 0.5) is 0 Å². The monoisotopic (exact) mass is 371 g/mol. The van der Waals surface area contributed by atoms with Gasteiger partial charge >= 0.3 is 0 Å². The fourth-order valence-corrected chi connectivity index (χ4v) is 3.26.